The molecule has 0 bridgehead atoms. The summed E-state index contributed by atoms with van der Waals surface area (Å²) in [5.41, 5.74) is 5.20. The largest absolute Gasteiger partial charge is 0.496 e. The standard InChI is InChI=1S/C13H23N3O/c1-10-5-6-13(17-4)11(9-10)12(15-14)7-8-16(2)3/h5-6,9,12,15H,7-8,14H2,1-4H3. The minimum absolute atomic E-state index is 0.118. The minimum atomic E-state index is 0.118. The van der Waals surface area contributed by atoms with Crippen molar-refractivity contribution in [3.63, 3.8) is 0 Å². The van der Waals surface area contributed by atoms with Gasteiger partial charge in [-0.1, -0.05) is 17.7 Å². The highest BCUT2D eigenvalue weighted by Crippen LogP contribution is 2.27. The van der Waals surface area contributed by atoms with Gasteiger partial charge in [0.15, 0.2) is 0 Å². The lowest BCUT2D eigenvalue weighted by Gasteiger charge is -2.21. The van der Waals surface area contributed by atoms with Crippen LogP contribution in [0.3, 0.4) is 0 Å². The SMILES string of the molecule is COc1ccc(C)cc1C(CCN(C)C)NN. The molecular weight excluding hydrogens is 214 g/mol. The molecule has 0 aromatic heterocycles. The normalized spacial score (nSPS) is 12.8. The van der Waals surface area contributed by atoms with E-state index in [4.69, 9.17) is 10.6 Å². The Morgan fingerprint density at radius 2 is 2.12 bits per heavy atom. The van der Waals surface area contributed by atoms with E-state index >= 15 is 0 Å². The molecule has 1 unspecified atom stereocenters. The number of nitrogens with zero attached hydrogens (tertiary/aromatic N) is 1. The van der Waals surface area contributed by atoms with Crippen LogP contribution in [0.2, 0.25) is 0 Å². The fourth-order valence-electron chi connectivity index (χ4n) is 1.84. The second kappa shape index (κ2) is 6.59. The van der Waals surface area contributed by atoms with E-state index in [1.165, 1.54) is 5.56 Å². The van der Waals surface area contributed by atoms with E-state index < -0.39 is 0 Å². The third-order valence-electron chi connectivity index (χ3n) is 2.83. The molecule has 0 spiro atoms. The van der Waals surface area contributed by atoms with Gasteiger partial charge in [0.2, 0.25) is 0 Å². The molecular formula is C13H23N3O. The topological polar surface area (TPSA) is 50.5 Å². The van der Waals surface area contributed by atoms with Gasteiger partial charge in [0.1, 0.15) is 5.75 Å². The summed E-state index contributed by atoms with van der Waals surface area (Å²) >= 11 is 0. The average molecular weight is 237 g/mol. The fourth-order valence-corrected chi connectivity index (χ4v) is 1.84. The predicted octanol–water partition coefficient (Wildman–Crippen LogP) is 1.46. The molecule has 0 radical (unpaired) electrons. The quantitative estimate of drug-likeness (QED) is 0.581. The van der Waals surface area contributed by atoms with E-state index in [0.29, 0.717) is 0 Å². The Labute approximate surface area is 104 Å². The first-order valence-electron chi connectivity index (χ1n) is 5.84. The minimum Gasteiger partial charge on any atom is -0.496 e. The van der Waals surface area contributed by atoms with E-state index in [-0.39, 0.29) is 6.04 Å². The number of rotatable bonds is 6. The summed E-state index contributed by atoms with van der Waals surface area (Å²) in [7, 11) is 5.80. The zero-order valence-electron chi connectivity index (χ0n) is 11.2. The van der Waals surface area contributed by atoms with Gasteiger partial charge >= 0.3 is 0 Å². The molecule has 17 heavy (non-hydrogen) atoms. The molecule has 0 fully saturated rings. The van der Waals surface area contributed by atoms with Crippen LogP contribution >= 0.6 is 0 Å². The van der Waals surface area contributed by atoms with Crippen molar-refractivity contribution in [1.82, 2.24) is 10.3 Å². The highest BCUT2D eigenvalue weighted by atomic mass is 16.5. The summed E-state index contributed by atoms with van der Waals surface area (Å²) in [5.74, 6) is 6.53. The third-order valence-corrected chi connectivity index (χ3v) is 2.83. The molecule has 4 nitrogen and oxygen atoms in total. The molecule has 0 aliphatic carbocycles. The Morgan fingerprint density at radius 1 is 1.41 bits per heavy atom. The average Bonchev–Trinajstić information content (AvgIpc) is 2.30. The maximum Gasteiger partial charge on any atom is 0.123 e. The highest BCUT2D eigenvalue weighted by Gasteiger charge is 2.15. The lowest BCUT2D eigenvalue weighted by Crippen LogP contribution is -2.31. The zero-order chi connectivity index (χ0) is 12.8. The molecule has 4 heteroatoms. The van der Waals surface area contributed by atoms with Crippen molar-refractivity contribution in [2.24, 2.45) is 5.84 Å². The summed E-state index contributed by atoms with van der Waals surface area (Å²) in [6.45, 7) is 3.05. The lowest BCUT2D eigenvalue weighted by molar-refractivity contribution is 0.352. The second-order valence-corrected chi connectivity index (χ2v) is 4.56. The molecule has 0 aliphatic heterocycles. The van der Waals surface area contributed by atoms with Gasteiger partial charge in [-0.05, 0) is 40.1 Å². The summed E-state index contributed by atoms with van der Waals surface area (Å²) in [6.07, 6.45) is 0.948. The molecule has 1 atom stereocenters. The van der Waals surface area contributed by atoms with Crippen molar-refractivity contribution in [1.29, 1.82) is 0 Å². The van der Waals surface area contributed by atoms with Crippen molar-refractivity contribution >= 4 is 0 Å². The lowest BCUT2D eigenvalue weighted by atomic mass is 10.0. The maximum absolute atomic E-state index is 5.64. The van der Waals surface area contributed by atoms with E-state index in [9.17, 15) is 0 Å². The van der Waals surface area contributed by atoms with Crippen LogP contribution in [0.25, 0.3) is 0 Å². The number of hydrogen-bond acceptors (Lipinski definition) is 4. The van der Waals surface area contributed by atoms with Gasteiger partial charge in [0, 0.05) is 5.56 Å². The van der Waals surface area contributed by atoms with Crippen LogP contribution in [0, 0.1) is 6.92 Å². The molecule has 0 saturated carbocycles. The molecule has 1 aromatic rings. The van der Waals surface area contributed by atoms with E-state index in [0.717, 1.165) is 24.3 Å². The molecule has 0 aliphatic rings. The monoisotopic (exact) mass is 237 g/mol. The second-order valence-electron chi connectivity index (χ2n) is 4.56. The maximum atomic E-state index is 5.64. The Bertz CT molecular complexity index is 353. The number of hydrazine groups is 1. The summed E-state index contributed by atoms with van der Waals surface area (Å²) in [4.78, 5) is 2.15. The van der Waals surface area contributed by atoms with Crippen LogP contribution in [-0.4, -0.2) is 32.6 Å². The van der Waals surface area contributed by atoms with E-state index in [1.54, 1.807) is 7.11 Å². The van der Waals surface area contributed by atoms with Crippen molar-refractivity contribution in [2.75, 3.05) is 27.7 Å². The van der Waals surface area contributed by atoms with Crippen molar-refractivity contribution < 1.29 is 4.74 Å². The van der Waals surface area contributed by atoms with Crippen LogP contribution < -0.4 is 16.0 Å². The number of ether oxygens (including phenoxy) is 1. The molecule has 0 amide bonds. The van der Waals surface area contributed by atoms with Crippen LogP contribution in [0.15, 0.2) is 18.2 Å². The smallest absolute Gasteiger partial charge is 0.123 e. The number of nitrogens with one attached hydrogen (secondary N) is 1. The third kappa shape index (κ3) is 4.00. The Kier molecular flexibility index (Phi) is 5.41. The first-order valence-corrected chi connectivity index (χ1v) is 5.84. The van der Waals surface area contributed by atoms with Crippen molar-refractivity contribution in [3.05, 3.63) is 29.3 Å². The van der Waals surface area contributed by atoms with Crippen LogP contribution in [0.1, 0.15) is 23.6 Å². The van der Waals surface area contributed by atoms with E-state index in [2.05, 4.69) is 37.4 Å². The first kappa shape index (κ1) is 14.0. The van der Waals surface area contributed by atoms with Crippen molar-refractivity contribution in [3.8, 4) is 5.75 Å². The number of hydrogen-bond donors (Lipinski definition) is 2. The van der Waals surface area contributed by atoms with Crippen LogP contribution in [0.4, 0.5) is 0 Å². The molecule has 1 rings (SSSR count). The molecule has 0 saturated heterocycles. The summed E-state index contributed by atoms with van der Waals surface area (Å²) < 4.78 is 5.38. The van der Waals surface area contributed by atoms with Gasteiger partial charge in [0.25, 0.3) is 0 Å². The Hall–Kier alpha value is -1.10. The molecule has 0 heterocycles. The Balaban J connectivity index is 2.89. The van der Waals surface area contributed by atoms with Gasteiger partial charge in [-0.3, -0.25) is 11.3 Å². The number of aryl methyl sites for hydroxylation is 1. The molecule has 96 valence electrons. The van der Waals surface area contributed by atoms with Crippen molar-refractivity contribution in [2.45, 2.75) is 19.4 Å². The van der Waals surface area contributed by atoms with E-state index in [1.807, 2.05) is 12.1 Å². The predicted molar refractivity (Wildman–Crippen MR) is 71.0 cm³/mol. The summed E-state index contributed by atoms with van der Waals surface area (Å²) in [6, 6.07) is 6.28. The highest BCUT2D eigenvalue weighted by molar-refractivity contribution is 5.39. The first-order chi connectivity index (χ1) is 8.08. The number of nitrogens with two attached hydrogens (primary N) is 1. The number of benzene rings is 1. The van der Waals surface area contributed by atoms with Gasteiger partial charge in [0.05, 0.1) is 13.2 Å². The molecule has 3 N–H and O–H groups in total. The number of methoxy groups -OCH3 is 1. The fraction of sp³-hybridized carbons (Fsp3) is 0.538. The van der Waals surface area contributed by atoms with Gasteiger partial charge in [-0.25, -0.2) is 0 Å². The van der Waals surface area contributed by atoms with Gasteiger partial charge in [-0.15, -0.1) is 0 Å². The Morgan fingerprint density at radius 3 is 2.65 bits per heavy atom. The van der Waals surface area contributed by atoms with Gasteiger partial charge < -0.3 is 9.64 Å². The summed E-state index contributed by atoms with van der Waals surface area (Å²) in [5, 5.41) is 0. The zero-order valence-corrected chi connectivity index (χ0v) is 11.2. The van der Waals surface area contributed by atoms with Crippen LogP contribution in [0.5, 0.6) is 5.75 Å². The molecule has 1 aromatic carbocycles. The van der Waals surface area contributed by atoms with Crippen LogP contribution in [-0.2, 0) is 0 Å². The van der Waals surface area contributed by atoms with Gasteiger partial charge in [-0.2, -0.15) is 0 Å².